The number of anilines is 1. The van der Waals surface area contributed by atoms with Crippen LogP contribution < -0.4 is 10.5 Å². The predicted octanol–water partition coefficient (Wildman–Crippen LogP) is 1.31. The van der Waals surface area contributed by atoms with Crippen molar-refractivity contribution in [3.8, 4) is 5.75 Å². The Bertz CT molecular complexity index is 396. The molecule has 82 valence electrons. The van der Waals surface area contributed by atoms with E-state index in [1.165, 1.54) is 0 Å². The minimum absolute atomic E-state index is 0.347. The van der Waals surface area contributed by atoms with Crippen molar-refractivity contribution in [2.45, 2.75) is 6.43 Å². The Labute approximate surface area is 83.5 Å². The third kappa shape index (κ3) is 1.95. The number of nitrogens with two attached hydrogens (primary N) is 1. The summed E-state index contributed by atoms with van der Waals surface area (Å²) in [6.07, 6.45) is -2.10. The Morgan fingerprint density at radius 2 is 2.27 bits per heavy atom. The summed E-state index contributed by atoms with van der Waals surface area (Å²) in [5.74, 6) is -1.74. The van der Waals surface area contributed by atoms with E-state index in [2.05, 4.69) is 9.72 Å². The van der Waals surface area contributed by atoms with Crippen molar-refractivity contribution in [1.82, 2.24) is 4.98 Å². The maximum Gasteiger partial charge on any atom is 0.358 e. The molecule has 0 radical (unpaired) electrons. The molecule has 1 aromatic rings. The van der Waals surface area contributed by atoms with Gasteiger partial charge in [-0.15, -0.1) is 0 Å². The molecule has 0 aliphatic heterocycles. The monoisotopic (exact) mass is 218 g/mol. The van der Waals surface area contributed by atoms with Crippen LogP contribution in [0, 0.1) is 0 Å². The van der Waals surface area contributed by atoms with E-state index in [1.807, 2.05) is 0 Å². The van der Waals surface area contributed by atoms with Gasteiger partial charge < -0.3 is 15.6 Å². The van der Waals surface area contributed by atoms with Gasteiger partial charge >= 0.3 is 5.97 Å². The summed E-state index contributed by atoms with van der Waals surface area (Å²) in [7, 11) is 1.13. The maximum absolute atomic E-state index is 12.4. The van der Waals surface area contributed by atoms with Crippen molar-refractivity contribution in [3.63, 3.8) is 0 Å². The van der Waals surface area contributed by atoms with Crippen LogP contribution in [-0.4, -0.2) is 23.2 Å². The van der Waals surface area contributed by atoms with Gasteiger partial charge in [0.25, 0.3) is 6.43 Å². The van der Waals surface area contributed by atoms with E-state index in [1.54, 1.807) is 0 Å². The first-order valence-corrected chi connectivity index (χ1v) is 3.82. The number of ether oxygens (including phenoxy) is 1. The van der Waals surface area contributed by atoms with Crippen LogP contribution in [0.1, 0.15) is 22.5 Å². The molecule has 5 nitrogen and oxygen atoms in total. The van der Waals surface area contributed by atoms with Gasteiger partial charge in [-0.3, -0.25) is 0 Å². The van der Waals surface area contributed by atoms with Crippen molar-refractivity contribution >= 4 is 11.7 Å². The number of methoxy groups -OCH3 is 1. The number of hydrogen-bond acceptors (Lipinski definition) is 4. The van der Waals surface area contributed by atoms with Crippen molar-refractivity contribution in [2.75, 3.05) is 12.8 Å². The molecule has 0 aliphatic carbocycles. The van der Waals surface area contributed by atoms with E-state index in [0.717, 1.165) is 13.3 Å². The zero-order chi connectivity index (χ0) is 11.6. The first-order valence-electron chi connectivity index (χ1n) is 3.82. The Balaban J connectivity index is 3.39. The van der Waals surface area contributed by atoms with Gasteiger partial charge in [-0.2, -0.15) is 0 Å². The van der Waals surface area contributed by atoms with E-state index in [-0.39, 0.29) is 5.75 Å². The zero-order valence-corrected chi connectivity index (χ0v) is 7.70. The molecule has 1 rings (SSSR count). The third-order valence-corrected chi connectivity index (χ3v) is 1.75. The van der Waals surface area contributed by atoms with Crippen LogP contribution in [0.25, 0.3) is 0 Å². The molecule has 0 unspecified atom stereocenters. The molecule has 0 aromatic carbocycles. The fourth-order valence-electron chi connectivity index (χ4n) is 1.05. The fraction of sp³-hybridized carbons (Fsp3) is 0.250. The first kappa shape index (κ1) is 11.2. The number of rotatable bonds is 3. The van der Waals surface area contributed by atoms with Crippen molar-refractivity contribution < 1.29 is 23.4 Å². The van der Waals surface area contributed by atoms with E-state index < -0.39 is 29.3 Å². The molecular formula is C8H8F2N2O3. The van der Waals surface area contributed by atoms with Crippen LogP contribution in [0.4, 0.5) is 14.5 Å². The minimum atomic E-state index is -2.82. The van der Waals surface area contributed by atoms with Gasteiger partial charge in [0.05, 0.1) is 18.4 Å². The number of aromatic carboxylic acids is 1. The van der Waals surface area contributed by atoms with Crippen LogP contribution >= 0.6 is 0 Å². The Kier molecular flexibility index (Phi) is 3.03. The summed E-state index contributed by atoms with van der Waals surface area (Å²) in [6.45, 7) is 0. The van der Waals surface area contributed by atoms with Crippen LogP contribution in [-0.2, 0) is 0 Å². The molecule has 0 spiro atoms. The number of carboxylic acids is 1. The zero-order valence-electron chi connectivity index (χ0n) is 7.70. The number of halogens is 2. The Morgan fingerprint density at radius 3 is 2.67 bits per heavy atom. The van der Waals surface area contributed by atoms with Crippen LogP contribution in [0.3, 0.4) is 0 Å². The summed E-state index contributed by atoms with van der Waals surface area (Å²) in [6, 6.07) is 0. The van der Waals surface area contributed by atoms with Crippen LogP contribution in [0.2, 0.25) is 0 Å². The number of aromatic nitrogens is 1. The van der Waals surface area contributed by atoms with E-state index in [0.29, 0.717) is 0 Å². The lowest BCUT2D eigenvalue weighted by molar-refractivity contribution is 0.0686. The summed E-state index contributed by atoms with van der Waals surface area (Å²) >= 11 is 0. The summed E-state index contributed by atoms with van der Waals surface area (Å²) in [5.41, 5.74) is 3.89. The molecule has 1 aromatic heterocycles. The number of pyridine rings is 1. The van der Waals surface area contributed by atoms with Gasteiger partial charge in [0.1, 0.15) is 0 Å². The molecule has 0 saturated heterocycles. The third-order valence-electron chi connectivity index (χ3n) is 1.75. The first-order chi connectivity index (χ1) is 6.99. The molecule has 0 aliphatic rings. The molecule has 0 atom stereocenters. The number of nitrogens with zero attached hydrogens (tertiary/aromatic N) is 1. The topological polar surface area (TPSA) is 85.4 Å². The smallest absolute Gasteiger partial charge is 0.358 e. The summed E-state index contributed by atoms with van der Waals surface area (Å²) in [4.78, 5) is 14.0. The summed E-state index contributed by atoms with van der Waals surface area (Å²) < 4.78 is 29.3. The van der Waals surface area contributed by atoms with Gasteiger partial charge in [0, 0.05) is 6.20 Å². The van der Waals surface area contributed by atoms with Crippen molar-refractivity contribution in [3.05, 3.63) is 17.5 Å². The Hall–Kier alpha value is -1.92. The summed E-state index contributed by atoms with van der Waals surface area (Å²) in [5, 5.41) is 8.67. The molecule has 15 heavy (non-hydrogen) atoms. The second-order valence-corrected chi connectivity index (χ2v) is 2.61. The fourth-order valence-corrected chi connectivity index (χ4v) is 1.05. The van der Waals surface area contributed by atoms with Gasteiger partial charge in [0.15, 0.2) is 11.4 Å². The number of nitrogen functional groups attached to an aromatic ring is 1. The molecule has 0 fully saturated rings. The van der Waals surface area contributed by atoms with E-state index >= 15 is 0 Å². The molecule has 3 N–H and O–H groups in total. The highest BCUT2D eigenvalue weighted by Crippen LogP contribution is 2.33. The molecule has 0 saturated carbocycles. The van der Waals surface area contributed by atoms with Crippen LogP contribution in [0.15, 0.2) is 6.20 Å². The predicted molar refractivity (Wildman–Crippen MR) is 47.1 cm³/mol. The normalized spacial score (nSPS) is 10.4. The van der Waals surface area contributed by atoms with Gasteiger partial charge in [0.2, 0.25) is 0 Å². The second kappa shape index (κ2) is 4.07. The van der Waals surface area contributed by atoms with E-state index in [4.69, 9.17) is 10.8 Å². The SMILES string of the molecule is COc1c(C(=O)O)ncc(C(F)F)c1N. The van der Waals surface area contributed by atoms with Crippen molar-refractivity contribution in [1.29, 1.82) is 0 Å². The van der Waals surface area contributed by atoms with E-state index in [9.17, 15) is 13.6 Å². The van der Waals surface area contributed by atoms with Gasteiger partial charge in [-0.25, -0.2) is 18.6 Å². The number of alkyl halides is 2. The second-order valence-electron chi connectivity index (χ2n) is 2.61. The largest absolute Gasteiger partial charge is 0.492 e. The minimum Gasteiger partial charge on any atom is -0.492 e. The average Bonchev–Trinajstić information content (AvgIpc) is 2.16. The molecule has 0 bridgehead atoms. The molecule has 7 heteroatoms. The number of carbonyl (C=O) groups is 1. The lowest BCUT2D eigenvalue weighted by atomic mass is 10.2. The highest BCUT2D eigenvalue weighted by Gasteiger charge is 2.22. The molecule has 0 amide bonds. The Morgan fingerprint density at radius 1 is 1.67 bits per heavy atom. The highest BCUT2D eigenvalue weighted by molar-refractivity contribution is 5.91. The molecular weight excluding hydrogens is 210 g/mol. The standard InChI is InChI=1S/C8H8F2N2O3/c1-15-6-4(11)3(7(9)10)2-12-5(6)8(13)14/h2,7H,1H3,(H2,11,12)(H,13,14). The number of carboxylic acid groups (broad SMARTS) is 1. The lowest BCUT2D eigenvalue weighted by Crippen LogP contribution is -2.08. The van der Waals surface area contributed by atoms with Gasteiger partial charge in [-0.1, -0.05) is 0 Å². The maximum atomic E-state index is 12.4. The van der Waals surface area contributed by atoms with Crippen molar-refractivity contribution in [2.24, 2.45) is 0 Å². The molecule has 1 heterocycles. The number of hydrogen-bond donors (Lipinski definition) is 2. The highest BCUT2D eigenvalue weighted by atomic mass is 19.3. The quantitative estimate of drug-likeness (QED) is 0.798. The van der Waals surface area contributed by atoms with Gasteiger partial charge in [-0.05, 0) is 0 Å². The van der Waals surface area contributed by atoms with Crippen LogP contribution in [0.5, 0.6) is 5.75 Å². The average molecular weight is 218 g/mol. The lowest BCUT2D eigenvalue weighted by Gasteiger charge is -2.10.